The summed E-state index contributed by atoms with van der Waals surface area (Å²) in [5, 5.41) is 0.447. The summed E-state index contributed by atoms with van der Waals surface area (Å²) in [7, 11) is 0. The first-order valence-electron chi connectivity index (χ1n) is 5.53. The van der Waals surface area contributed by atoms with Crippen LogP contribution in [-0.4, -0.2) is 23.5 Å². The molecule has 0 saturated carbocycles. The number of rotatable bonds is 9. The van der Waals surface area contributed by atoms with Crippen molar-refractivity contribution < 1.29 is 9.53 Å². The molecule has 0 amide bonds. The molecule has 0 spiro atoms. The van der Waals surface area contributed by atoms with Crippen LogP contribution in [0.2, 0.25) is 0 Å². The molecule has 0 bridgehead atoms. The standard InChI is InChI=1S/C11H21ClO2S/c1-3-5-6-10(4-2)7-14-11(13)8-15-9-12/h10H,3-9H2,1-2H3. The van der Waals surface area contributed by atoms with E-state index in [9.17, 15) is 4.79 Å². The highest BCUT2D eigenvalue weighted by Crippen LogP contribution is 2.13. The van der Waals surface area contributed by atoms with E-state index in [4.69, 9.17) is 16.3 Å². The van der Waals surface area contributed by atoms with Gasteiger partial charge in [0.25, 0.3) is 0 Å². The minimum absolute atomic E-state index is 0.143. The molecule has 15 heavy (non-hydrogen) atoms. The molecule has 1 atom stereocenters. The summed E-state index contributed by atoms with van der Waals surface area (Å²) in [5.41, 5.74) is 0. The van der Waals surface area contributed by atoms with Crippen molar-refractivity contribution in [1.82, 2.24) is 0 Å². The van der Waals surface area contributed by atoms with E-state index < -0.39 is 0 Å². The number of ether oxygens (including phenoxy) is 1. The van der Waals surface area contributed by atoms with Crippen LogP contribution in [0, 0.1) is 5.92 Å². The fourth-order valence-electron chi connectivity index (χ4n) is 1.27. The lowest BCUT2D eigenvalue weighted by Crippen LogP contribution is -2.15. The van der Waals surface area contributed by atoms with E-state index in [0.717, 1.165) is 12.8 Å². The summed E-state index contributed by atoms with van der Waals surface area (Å²) in [6.07, 6.45) is 4.65. The topological polar surface area (TPSA) is 26.3 Å². The maximum atomic E-state index is 11.2. The number of thioether (sulfide) groups is 1. The Balaban J connectivity index is 3.55. The molecule has 2 nitrogen and oxygen atoms in total. The van der Waals surface area contributed by atoms with E-state index >= 15 is 0 Å². The Morgan fingerprint density at radius 2 is 2.20 bits per heavy atom. The molecule has 4 heteroatoms. The van der Waals surface area contributed by atoms with Crippen LogP contribution in [0.3, 0.4) is 0 Å². The largest absolute Gasteiger partial charge is 0.465 e. The molecule has 0 aromatic rings. The fourth-order valence-corrected chi connectivity index (χ4v) is 1.83. The molecule has 0 aliphatic carbocycles. The van der Waals surface area contributed by atoms with Crippen LogP contribution in [0.15, 0.2) is 0 Å². The van der Waals surface area contributed by atoms with Crippen molar-refractivity contribution in [1.29, 1.82) is 0 Å². The number of unbranched alkanes of at least 4 members (excludes halogenated alkanes) is 1. The van der Waals surface area contributed by atoms with Gasteiger partial charge in [-0.15, -0.1) is 23.4 Å². The zero-order valence-electron chi connectivity index (χ0n) is 9.63. The first-order chi connectivity index (χ1) is 7.24. The summed E-state index contributed by atoms with van der Waals surface area (Å²) in [5.74, 6) is 0.749. The second-order valence-corrected chi connectivity index (χ2v) is 5.13. The van der Waals surface area contributed by atoms with E-state index in [1.54, 1.807) is 0 Å². The van der Waals surface area contributed by atoms with E-state index in [1.807, 2.05) is 0 Å². The minimum atomic E-state index is -0.143. The first kappa shape index (κ1) is 15.1. The average molecular weight is 253 g/mol. The molecule has 0 radical (unpaired) electrons. The van der Waals surface area contributed by atoms with Gasteiger partial charge in [0, 0.05) is 0 Å². The van der Waals surface area contributed by atoms with E-state index in [-0.39, 0.29) is 5.97 Å². The summed E-state index contributed by atoms with van der Waals surface area (Å²) < 4.78 is 5.18. The van der Waals surface area contributed by atoms with Gasteiger partial charge in [-0.3, -0.25) is 4.79 Å². The zero-order chi connectivity index (χ0) is 11.5. The molecule has 0 fully saturated rings. The molecule has 0 N–H and O–H groups in total. The van der Waals surface area contributed by atoms with Crippen LogP contribution in [0.4, 0.5) is 0 Å². The Bertz CT molecular complexity index is 165. The smallest absolute Gasteiger partial charge is 0.315 e. The Morgan fingerprint density at radius 3 is 2.73 bits per heavy atom. The van der Waals surface area contributed by atoms with Gasteiger partial charge in [-0.2, -0.15) is 0 Å². The monoisotopic (exact) mass is 252 g/mol. The molecule has 90 valence electrons. The Hall–Kier alpha value is 0.110. The molecular weight excluding hydrogens is 232 g/mol. The highest BCUT2D eigenvalue weighted by Gasteiger charge is 2.09. The summed E-state index contributed by atoms with van der Waals surface area (Å²) in [4.78, 5) is 11.2. The third-order valence-electron chi connectivity index (χ3n) is 2.32. The molecule has 0 aromatic heterocycles. The maximum Gasteiger partial charge on any atom is 0.315 e. The maximum absolute atomic E-state index is 11.2. The van der Waals surface area contributed by atoms with E-state index in [2.05, 4.69) is 13.8 Å². The molecule has 0 heterocycles. The van der Waals surface area contributed by atoms with Crippen molar-refractivity contribution in [3.63, 3.8) is 0 Å². The molecule has 0 saturated heterocycles. The second kappa shape index (κ2) is 10.6. The van der Waals surface area contributed by atoms with Gasteiger partial charge in [0.05, 0.1) is 17.6 Å². The van der Waals surface area contributed by atoms with Gasteiger partial charge in [-0.1, -0.05) is 33.1 Å². The average Bonchev–Trinajstić information content (AvgIpc) is 2.26. The predicted molar refractivity (Wildman–Crippen MR) is 67.4 cm³/mol. The minimum Gasteiger partial charge on any atom is -0.465 e. The van der Waals surface area contributed by atoms with Crippen molar-refractivity contribution in [3.05, 3.63) is 0 Å². The normalized spacial score (nSPS) is 12.5. The van der Waals surface area contributed by atoms with E-state index in [1.165, 1.54) is 24.6 Å². The number of halogens is 1. The number of carbonyl (C=O) groups excluding carboxylic acids is 1. The number of alkyl halides is 1. The lowest BCUT2D eigenvalue weighted by atomic mass is 10.0. The van der Waals surface area contributed by atoms with Gasteiger partial charge in [0.1, 0.15) is 0 Å². The van der Waals surface area contributed by atoms with Gasteiger partial charge < -0.3 is 4.74 Å². The van der Waals surface area contributed by atoms with Crippen LogP contribution in [0.5, 0.6) is 0 Å². The fraction of sp³-hybridized carbons (Fsp3) is 0.909. The summed E-state index contributed by atoms with van der Waals surface area (Å²) in [6.45, 7) is 4.88. The van der Waals surface area contributed by atoms with Crippen LogP contribution in [-0.2, 0) is 9.53 Å². The molecule has 0 rings (SSSR count). The van der Waals surface area contributed by atoms with Crippen molar-refractivity contribution in [2.75, 3.05) is 17.6 Å². The summed E-state index contributed by atoms with van der Waals surface area (Å²) in [6, 6.07) is 0. The van der Waals surface area contributed by atoms with Gasteiger partial charge in [-0.25, -0.2) is 0 Å². The van der Waals surface area contributed by atoms with Crippen molar-refractivity contribution in [2.24, 2.45) is 5.92 Å². The number of hydrogen-bond acceptors (Lipinski definition) is 3. The van der Waals surface area contributed by atoms with Crippen molar-refractivity contribution in [3.8, 4) is 0 Å². The number of hydrogen-bond donors (Lipinski definition) is 0. The van der Waals surface area contributed by atoms with Crippen LogP contribution in [0.1, 0.15) is 39.5 Å². The highest BCUT2D eigenvalue weighted by molar-refractivity contribution is 8.00. The predicted octanol–water partition coefficient (Wildman–Crippen LogP) is 3.68. The van der Waals surface area contributed by atoms with Gasteiger partial charge in [-0.05, 0) is 12.3 Å². The highest BCUT2D eigenvalue weighted by atomic mass is 35.5. The lowest BCUT2D eigenvalue weighted by molar-refractivity contribution is -0.141. The molecule has 0 aliphatic rings. The molecule has 0 aliphatic heterocycles. The Kier molecular flexibility index (Phi) is 10.7. The third-order valence-corrected chi connectivity index (χ3v) is 3.38. The second-order valence-electron chi connectivity index (χ2n) is 3.56. The van der Waals surface area contributed by atoms with Crippen LogP contribution < -0.4 is 0 Å². The first-order valence-corrected chi connectivity index (χ1v) is 7.22. The van der Waals surface area contributed by atoms with Crippen molar-refractivity contribution in [2.45, 2.75) is 39.5 Å². The third kappa shape index (κ3) is 9.06. The number of esters is 1. The van der Waals surface area contributed by atoms with Crippen molar-refractivity contribution >= 4 is 29.3 Å². The van der Waals surface area contributed by atoms with Gasteiger partial charge in [0.2, 0.25) is 0 Å². The van der Waals surface area contributed by atoms with Crippen LogP contribution >= 0.6 is 23.4 Å². The number of carbonyl (C=O) groups is 1. The molecule has 1 unspecified atom stereocenters. The zero-order valence-corrected chi connectivity index (χ0v) is 11.2. The Labute approximate surface area is 102 Å². The Morgan fingerprint density at radius 1 is 1.47 bits per heavy atom. The van der Waals surface area contributed by atoms with Gasteiger partial charge in [0.15, 0.2) is 0 Å². The van der Waals surface area contributed by atoms with Gasteiger partial charge >= 0.3 is 5.97 Å². The molecular formula is C11H21ClO2S. The quantitative estimate of drug-likeness (QED) is 0.463. The molecule has 0 aromatic carbocycles. The van der Waals surface area contributed by atoms with Crippen LogP contribution in [0.25, 0.3) is 0 Å². The summed E-state index contributed by atoms with van der Waals surface area (Å²) >= 11 is 6.84. The SMILES string of the molecule is CCCCC(CC)COC(=O)CSCCl. The lowest BCUT2D eigenvalue weighted by Gasteiger charge is -2.14. The van der Waals surface area contributed by atoms with E-state index in [0.29, 0.717) is 23.5 Å².